The first kappa shape index (κ1) is 35.6. The third-order valence-electron chi connectivity index (χ3n) is 9.39. The molecule has 1 aliphatic rings. The predicted octanol–water partition coefficient (Wildman–Crippen LogP) is 9.07. The molecule has 0 aliphatic heterocycles. The van der Waals surface area contributed by atoms with E-state index < -0.39 is 26.7 Å². The van der Waals surface area contributed by atoms with Gasteiger partial charge in [-0.05, 0) is 97.7 Å². The highest BCUT2D eigenvalue weighted by Crippen LogP contribution is 2.45. The number of carbonyl (C=O) groups is 1. The molecule has 7 nitrogen and oxygen atoms in total. The van der Waals surface area contributed by atoms with Gasteiger partial charge in [-0.3, -0.25) is 4.79 Å². The number of benzene rings is 2. The van der Waals surface area contributed by atoms with E-state index in [0.717, 1.165) is 24.3 Å². The largest absolute Gasteiger partial charge is 0.543 e. The van der Waals surface area contributed by atoms with Crippen molar-refractivity contribution in [1.82, 2.24) is 4.72 Å². The molecule has 43 heavy (non-hydrogen) atoms. The minimum Gasteiger partial charge on any atom is -0.543 e. The van der Waals surface area contributed by atoms with Crippen LogP contribution in [0.4, 0.5) is 5.69 Å². The molecule has 0 saturated heterocycles. The molecule has 3 rings (SSSR count). The Morgan fingerprint density at radius 1 is 0.860 bits per heavy atom. The summed E-state index contributed by atoms with van der Waals surface area (Å²) in [6, 6.07) is 10.5. The van der Waals surface area contributed by atoms with Gasteiger partial charge in [0.15, 0.2) is 0 Å². The summed E-state index contributed by atoms with van der Waals surface area (Å²) < 4.78 is 42.8. The Bertz CT molecular complexity index is 1420. The normalized spacial score (nSPS) is 18.7. The van der Waals surface area contributed by atoms with Gasteiger partial charge in [0.1, 0.15) is 11.5 Å². The number of rotatable bonds is 9. The zero-order valence-electron chi connectivity index (χ0n) is 27.8. The van der Waals surface area contributed by atoms with Gasteiger partial charge in [-0.1, -0.05) is 59.2 Å². The third kappa shape index (κ3) is 8.87. The van der Waals surface area contributed by atoms with Crippen molar-refractivity contribution in [3.63, 3.8) is 0 Å². The molecule has 1 saturated carbocycles. The van der Waals surface area contributed by atoms with Crippen molar-refractivity contribution in [1.29, 1.82) is 0 Å². The average molecular weight is 667 g/mol. The summed E-state index contributed by atoms with van der Waals surface area (Å²) in [5.41, 5.74) is 1.55. The second kappa shape index (κ2) is 12.9. The van der Waals surface area contributed by atoms with E-state index in [1.165, 1.54) is 30.7 Å². The highest BCUT2D eigenvalue weighted by atomic mass is 35.5. The van der Waals surface area contributed by atoms with E-state index in [2.05, 4.69) is 96.0 Å². The van der Waals surface area contributed by atoms with Crippen LogP contribution in [0.15, 0.2) is 41.3 Å². The van der Waals surface area contributed by atoms with Gasteiger partial charge in [-0.25, -0.2) is 13.1 Å². The lowest BCUT2D eigenvalue weighted by molar-refractivity contribution is -0.114. The van der Waals surface area contributed by atoms with Gasteiger partial charge >= 0.3 is 0 Å². The monoisotopic (exact) mass is 666 g/mol. The lowest BCUT2D eigenvalue weighted by Gasteiger charge is -2.39. The van der Waals surface area contributed by atoms with E-state index >= 15 is 0 Å². The fourth-order valence-electron chi connectivity index (χ4n) is 4.64. The van der Waals surface area contributed by atoms with E-state index in [1.807, 2.05) is 0 Å². The number of hydrogen-bond acceptors (Lipinski definition) is 5. The number of halogens is 1. The molecular formula is C32H51ClN2O5SSi2. The second-order valence-electron chi connectivity index (χ2n) is 14.9. The van der Waals surface area contributed by atoms with Crippen LogP contribution in [-0.2, 0) is 14.8 Å². The molecule has 240 valence electrons. The lowest BCUT2D eigenvalue weighted by atomic mass is 9.81. The number of carbonyl (C=O) groups excluding carboxylic acids is 1. The van der Waals surface area contributed by atoms with E-state index in [0.29, 0.717) is 18.5 Å². The Labute approximate surface area is 266 Å². The predicted molar refractivity (Wildman–Crippen MR) is 183 cm³/mol. The Kier molecular flexibility index (Phi) is 10.7. The molecule has 2 N–H and O–H groups in total. The zero-order valence-corrected chi connectivity index (χ0v) is 31.3. The van der Waals surface area contributed by atoms with Crippen LogP contribution in [-0.4, -0.2) is 37.0 Å². The summed E-state index contributed by atoms with van der Waals surface area (Å²) in [6.07, 6.45) is 3.10. The smallest absolute Gasteiger partial charge is 0.250 e. The number of amides is 1. The molecule has 2 aromatic carbocycles. The summed E-state index contributed by atoms with van der Waals surface area (Å²) in [4.78, 5) is 11.4. The maximum atomic E-state index is 13.2. The van der Waals surface area contributed by atoms with E-state index in [9.17, 15) is 13.2 Å². The van der Waals surface area contributed by atoms with Gasteiger partial charge in [0.2, 0.25) is 32.6 Å². The molecule has 1 fully saturated rings. The van der Waals surface area contributed by atoms with E-state index in [4.69, 9.17) is 20.5 Å². The highest BCUT2D eigenvalue weighted by molar-refractivity contribution is 7.89. The first-order chi connectivity index (χ1) is 19.5. The molecule has 2 aromatic rings. The van der Waals surface area contributed by atoms with Crippen LogP contribution in [0.3, 0.4) is 0 Å². The van der Waals surface area contributed by atoms with Gasteiger partial charge in [-0.2, -0.15) is 0 Å². The van der Waals surface area contributed by atoms with E-state index in [1.54, 1.807) is 0 Å². The van der Waals surface area contributed by atoms with Gasteiger partial charge in [0.05, 0.1) is 15.6 Å². The van der Waals surface area contributed by atoms with Crippen LogP contribution >= 0.6 is 11.6 Å². The summed E-state index contributed by atoms with van der Waals surface area (Å²) >= 11 is 6.24. The fraction of sp³-hybridized carbons (Fsp3) is 0.594. The molecule has 0 atom stereocenters. The van der Waals surface area contributed by atoms with Crippen LogP contribution in [0.2, 0.25) is 41.3 Å². The molecule has 1 aliphatic carbocycles. The summed E-state index contributed by atoms with van der Waals surface area (Å²) in [5, 5.41) is 2.90. The molecule has 0 aromatic heterocycles. The fourth-order valence-corrected chi connectivity index (χ4v) is 8.32. The van der Waals surface area contributed by atoms with Crippen LogP contribution in [0, 0.1) is 0 Å². The molecule has 0 unspecified atom stereocenters. The molecule has 0 bridgehead atoms. The Hall–Kier alpha value is -1.86. The van der Waals surface area contributed by atoms with Crippen LogP contribution < -0.4 is 18.9 Å². The SMILES string of the molecule is CC(=O)Nc1ccc(S(=O)(=O)NC2CCC(c3ccc(O[Si](C)(C)C(C)(C)C)cc3O[Si](C)(C)C(C)(C)C)CC2)cc1Cl. The maximum absolute atomic E-state index is 13.2. The Morgan fingerprint density at radius 2 is 1.42 bits per heavy atom. The van der Waals surface area contributed by atoms with E-state index in [-0.39, 0.29) is 37.9 Å². The first-order valence-corrected chi connectivity index (χ1v) is 22.8. The minimum atomic E-state index is -3.77. The quantitative estimate of drug-likeness (QED) is 0.260. The van der Waals surface area contributed by atoms with Crippen molar-refractivity contribution >= 4 is 49.9 Å². The number of anilines is 1. The summed E-state index contributed by atoms with van der Waals surface area (Å²) in [5.74, 6) is 1.74. The molecular weight excluding hydrogens is 616 g/mol. The number of sulfonamides is 1. The van der Waals surface area contributed by atoms with Gasteiger partial charge < -0.3 is 14.2 Å². The van der Waals surface area contributed by atoms with Crippen molar-refractivity contribution in [2.45, 2.75) is 127 Å². The molecule has 11 heteroatoms. The van der Waals surface area contributed by atoms with Crippen LogP contribution in [0.5, 0.6) is 11.5 Å². The summed E-state index contributed by atoms with van der Waals surface area (Å²) in [6.45, 7) is 23.9. The molecule has 0 spiro atoms. The molecule has 0 heterocycles. The topological polar surface area (TPSA) is 93.7 Å². The Morgan fingerprint density at radius 3 is 1.93 bits per heavy atom. The van der Waals surface area contributed by atoms with Crippen molar-refractivity contribution in [2.24, 2.45) is 0 Å². The summed E-state index contributed by atoms with van der Waals surface area (Å²) in [7, 11) is -7.93. The van der Waals surface area contributed by atoms with Crippen molar-refractivity contribution in [3.05, 3.63) is 47.0 Å². The average Bonchev–Trinajstić information content (AvgIpc) is 2.84. The second-order valence-corrected chi connectivity index (χ2v) is 26.5. The van der Waals surface area contributed by atoms with Crippen LogP contribution in [0.1, 0.15) is 85.6 Å². The standard InChI is InChI=1S/C32H51ClN2O5SSi2/c1-22(36)34-29-19-17-26(21-28(29)33)41(37,38)35-24-14-12-23(13-15-24)27-18-16-25(39-42(8,9)31(2,3)4)20-30(27)40-43(10,11)32(5,6)7/h16-21,23-24,35H,12-15H2,1-11H3,(H,34,36). The number of hydrogen-bond donors (Lipinski definition) is 2. The van der Waals surface area contributed by atoms with Gasteiger partial charge in [0, 0.05) is 19.0 Å². The van der Waals surface area contributed by atoms with Crippen molar-refractivity contribution in [3.8, 4) is 11.5 Å². The van der Waals surface area contributed by atoms with Gasteiger partial charge in [0.25, 0.3) is 0 Å². The third-order valence-corrected chi connectivity index (χ3v) is 19.9. The molecule has 0 radical (unpaired) electrons. The van der Waals surface area contributed by atoms with Gasteiger partial charge in [-0.15, -0.1) is 0 Å². The van der Waals surface area contributed by atoms with Crippen LogP contribution in [0.25, 0.3) is 0 Å². The van der Waals surface area contributed by atoms with Crippen molar-refractivity contribution in [2.75, 3.05) is 5.32 Å². The maximum Gasteiger partial charge on any atom is 0.250 e. The minimum absolute atomic E-state index is 0.0414. The Balaban J connectivity index is 1.80. The molecule has 1 amide bonds. The zero-order chi connectivity index (χ0) is 32.6. The first-order valence-electron chi connectivity index (χ1n) is 15.1. The number of nitrogens with one attached hydrogen (secondary N) is 2. The highest BCUT2D eigenvalue weighted by Gasteiger charge is 2.41. The van der Waals surface area contributed by atoms with Crippen molar-refractivity contribution < 1.29 is 22.1 Å². The lowest BCUT2D eigenvalue weighted by Crippen LogP contribution is -2.44.